The zero-order valence-electron chi connectivity index (χ0n) is 17.0. The number of rotatable bonds is 8. The lowest BCUT2D eigenvalue weighted by Crippen LogP contribution is -2.24. The molecule has 0 aliphatic carbocycles. The molecule has 2 aromatic heterocycles. The fraction of sp³-hybridized carbons (Fsp3) is 0.391. The molecule has 1 N–H and O–H groups in total. The van der Waals surface area contributed by atoms with Gasteiger partial charge < -0.3 is 5.32 Å². The number of nitrogens with one attached hydrogen (secondary N) is 1. The van der Waals surface area contributed by atoms with Gasteiger partial charge in [0.25, 0.3) is 5.91 Å². The van der Waals surface area contributed by atoms with Crippen molar-refractivity contribution in [3.63, 3.8) is 0 Å². The maximum atomic E-state index is 12.5. The normalized spacial score (nSPS) is 11.0. The van der Waals surface area contributed by atoms with Gasteiger partial charge in [-0.05, 0) is 62.4 Å². The lowest BCUT2D eigenvalue weighted by atomic mass is 10.1. The second-order valence-corrected chi connectivity index (χ2v) is 7.09. The summed E-state index contributed by atoms with van der Waals surface area (Å²) < 4.78 is 0. The fourth-order valence-corrected chi connectivity index (χ4v) is 3.23. The first-order valence-corrected chi connectivity index (χ1v) is 10.1. The summed E-state index contributed by atoms with van der Waals surface area (Å²) in [5.74, 6) is -0.0681. The van der Waals surface area contributed by atoms with E-state index in [1.54, 1.807) is 0 Å². The summed E-state index contributed by atoms with van der Waals surface area (Å²) in [5, 5.41) is 3.00. The molecule has 0 fully saturated rings. The lowest BCUT2D eigenvalue weighted by Gasteiger charge is -2.09. The largest absolute Gasteiger partial charge is 0.352 e. The number of hydrogen-bond donors (Lipinski definition) is 1. The van der Waals surface area contributed by atoms with Crippen molar-refractivity contribution in [3.05, 3.63) is 64.7 Å². The molecule has 0 bridgehead atoms. The number of aryl methyl sites for hydroxylation is 4. The second-order valence-electron chi connectivity index (χ2n) is 7.09. The van der Waals surface area contributed by atoms with Crippen LogP contribution in [0.4, 0.5) is 0 Å². The third-order valence-electron chi connectivity index (χ3n) is 4.80. The summed E-state index contributed by atoms with van der Waals surface area (Å²) in [5.41, 5.74) is 6.57. The van der Waals surface area contributed by atoms with Gasteiger partial charge >= 0.3 is 0 Å². The van der Waals surface area contributed by atoms with E-state index < -0.39 is 0 Å². The molecule has 0 aliphatic rings. The van der Waals surface area contributed by atoms with Gasteiger partial charge in [-0.2, -0.15) is 0 Å². The van der Waals surface area contributed by atoms with Crippen LogP contribution in [0.3, 0.4) is 0 Å². The van der Waals surface area contributed by atoms with Crippen molar-refractivity contribution in [1.29, 1.82) is 0 Å². The van der Waals surface area contributed by atoms with E-state index in [0.717, 1.165) is 60.2 Å². The first-order chi connectivity index (χ1) is 13.6. The van der Waals surface area contributed by atoms with Crippen molar-refractivity contribution in [2.24, 2.45) is 0 Å². The first-order valence-electron chi connectivity index (χ1n) is 10.1. The molecule has 0 aliphatic heterocycles. The number of hydrogen-bond acceptors (Lipinski definition) is 4. The highest BCUT2D eigenvalue weighted by Crippen LogP contribution is 2.17. The van der Waals surface area contributed by atoms with Crippen LogP contribution < -0.4 is 5.32 Å². The maximum Gasteiger partial charge on any atom is 0.251 e. The Hall–Kier alpha value is -2.82. The first kappa shape index (κ1) is 19.9. The van der Waals surface area contributed by atoms with Gasteiger partial charge in [0.15, 0.2) is 0 Å². The van der Waals surface area contributed by atoms with E-state index in [4.69, 9.17) is 9.97 Å². The minimum absolute atomic E-state index is 0.0681. The Morgan fingerprint density at radius 3 is 2.54 bits per heavy atom. The van der Waals surface area contributed by atoms with Gasteiger partial charge in [-0.25, -0.2) is 9.97 Å². The summed E-state index contributed by atoms with van der Waals surface area (Å²) in [6.45, 7) is 6.85. The molecule has 0 unspecified atom stereocenters. The van der Waals surface area contributed by atoms with E-state index in [1.165, 1.54) is 5.56 Å². The smallest absolute Gasteiger partial charge is 0.251 e. The molecule has 0 atom stereocenters. The van der Waals surface area contributed by atoms with Crippen LogP contribution in [0.2, 0.25) is 0 Å². The van der Waals surface area contributed by atoms with Crippen molar-refractivity contribution in [1.82, 2.24) is 20.3 Å². The van der Waals surface area contributed by atoms with Crippen LogP contribution >= 0.6 is 0 Å². The standard InChI is InChI=1S/C23H28N4O/c1-4-7-20-19(5-2)26-22-14-18(11-12-21(22)27-20)23(28)24-13-6-8-17-10-9-16(3)25-15-17/h9-12,14-15H,4-8,13H2,1-3H3,(H,24,28). The number of carbonyl (C=O) groups excluding carboxylic acids is 1. The van der Waals surface area contributed by atoms with Crippen LogP contribution in [0, 0.1) is 6.92 Å². The van der Waals surface area contributed by atoms with Gasteiger partial charge in [0.05, 0.1) is 22.4 Å². The highest BCUT2D eigenvalue weighted by Gasteiger charge is 2.10. The van der Waals surface area contributed by atoms with E-state index in [0.29, 0.717) is 12.1 Å². The fourth-order valence-electron chi connectivity index (χ4n) is 3.23. The average Bonchev–Trinajstić information content (AvgIpc) is 2.71. The molecule has 0 spiro atoms. The molecule has 28 heavy (non-hydrogen) atoms. The SMILES string of the molecule is CCCc1nc2ccc(C(=O)NCCCc3ccc(C)nc3)cc2nc1CC. The molecule has 5 nitrogen and oxygen atoms in total. The average molecular weight is 377 g/mol. The highest BCUT2D eigenvalue weighted by atomic mass is 16.1. The van der Waals surface area contributed by atoms with E-state index in [9.17, 15) is 4.79 Å². The van der Waals surface area contributed by atoms with Crippen molar-refractivity contribution < 1.29 is 4.79 Å². The third-order valence-corrected chi connectivity index (χ3v) is 4.80. The van der Waals surface area contributed by atoms with Gasteiger partial charge in [-0.3, -0.25) is 9.78 Å². The summed E-state index contributed by atoms with van der Waals surface area (Å²) in [7, 11) is 0. The molecule has 5 heteroatoms. The summed E-state index contributed by atoms with van der Waals surface area (Å²) in [6.07, 6.45) is 6.51. The summed E-state index contributed by atoms with van der Waals surface area (Å²) >= 11 is 0. The number of amides is 1. The van der Waals surface area contributed by atoms with E-state index in [-0.39, 0.29) is 5.91 Å². The molecule has 1 aromatic carbocycles. The molecular formula is C23H28N4O. The Labute approximate surface area is 166 Å². The van der Waals surface area contributed by atoms with E-state index in [1.807, 2.05) is 37.4 Å². The topological polar surface area (TPSA) is 67.8 Å². The maximum absolute atomic E-state index is 12.5. The molecule has 3 aromatic rings. The summed E-state index contributed by atoms with van der Waals surface area (Å²) in [4.78, 5) is 26.3. The van der Waals surface area contributed by atoms with Crippen molar-refractivity contribution in [2.45, 2.75) is 52.9 Å². The number of nitrogens with zero attached hydrogens (tertiary/aromatic N) is 3. The van der Waals surface area contributed by atoms with Crippen molar-refractivity contribution >= 4 is 16.9 Å². The number of benzene rings is 1. The minimum Gasteiger partial charge on any atom is -0.352 e. The van der Waals surface area contributed by atoms with Gasteiger partial charge in [-0.15, -0.1) is 0 Å². The van der Waals surface area contributed by atoms with Gasteiger partial charge in [-0.1, -0.05) is 26.3 Å². The van der Waals surface area contributed by atoms with Gasteiger partial charge in [0, 0.05) is 24.0 Å². The Morgan fingerprint density at radius 2 is 1.82 bits per heavy atom. The van der Waals surface area contributed by atoms with Gasteiger partial charge in [0.2, 0.25) is 0 Å². The molecule has 146 valence electrons. The number of aromatic nitrogens is 3. The monoisotopic (exact) mass is 376 g/mol. The molecule has 0 saturated heterocycles. The second kappa shape index (κ2) is 9.40. The predicted molar refractivity (Wildman–Crippen MR) is 113 cm³/mol. The van der Waals surface area contributed by atoms with Gasteiger partial charge in [0.1, 0.15) is 0 Å². The molecule has 0 radical (unpaired) electrons. The highest BCUT2D eigenvalue weighted by molar-refractivity contribution is 5.97. The van der Waals surface area contributed by atoms with Crippen LogP contribution in [0.5, 0.6) is 0 Å². The Morgan fingerprint density at radius 1 is 1.00 bits per heavy atom. The number of carbonyl (C=O) groups is 1. The van der Waals surface area contributed by atoms with Crippen LogP contribution in [0.15, 0.2) is 36.5 Å². The third kappa shape index (κ3) is 4.91. The zero-order valence-corrected chi connectivity index (χ0v) is 17.0. The Kier molecular flexibility index (Phi) is 6.69. The molecule has 3 rings (SSSR count). The Bertz CT molecular complexity index is 951. The number of pyridine rings is 1. The predicted octanol–water partition coefficient (Wildman–Crippen LogP) is 4.21. The number of fused-ring (bicyclic) bond motifs is 1. The van der Waals surface area contributed by atoms with Crippen LogP contribution in [0.1, 0.15) is 59.7 Å². The summed E-state index contributed by atoms with van der Waals surface area (Å²) in [6, 6.07) is 9.67. The van der Waals surface area contributed by atoms with Crippen molar-refractivity contribution in [2.75, 3.05) is 6.54 Å². The quantitative estimate of drug-likeness (QED) is 0.598. The Balaban J connectivity index is 1.62. The van der Waals surface area contributed by atoms with E-state index in [2.05, 4.69) is 30.2 Å². The van der Waals surface area contributed by atoms with Crippen LogP contribution in [-0.2, 0) is 19.3 Å². The van der Waals surface area contributed by atoms with Crippen molar-refractivity contribution in [3.8, 4) is 0 Å². The minimum atomic E-state index is -0.0681. The zero-order chi connectivity index (χ0) is 19.9. The molecule has 0 saturated carbocycles. The lowest BCUT2D eigenvalue weighted by molar-refractivity contribution is 0.0953. The molecular weight excluding hydrogens is 348 g/mol. The molecule has 2 heterocycles. The van der Waals surface area contributed by atoms with Crippen LogP contribution in [-0.4, -0.2) is 27.4 Å². The van der Waals surface area contributed by atoms with Crippen LogP contribution in [0.25, 0.3) is 11.0 Å². The van der Waals surface area contributed by atoms with E-state index >= 15 is 0 Å². The molecule has 1 amide bonds.